The molecule has 1 aliphatic heterocycles. The van der Waals surface area contributed by atoms with Gasteiger partial charge in [0.15, 0.2) is 0 Å². The number of pyridine rings is 1. The summed E-state index contributed by atoms with van der Waals surface area (Å²) in [4.78, 5) is 21.4. The van der Waals surface area contributed by atoms with Crippen LogP contribution in [0.1, 0.15) is 25.0 Å². The zero-order valence-corrected chi connectivity index (χ0v) is 18.6. The van der Waals surface area contributed by atoms with Crippen LogP contribution in [0.3, 0.4) is 0 Å². The molecule has 0 saturated carbocycles. The fourth-order valence-corrected chi connectivity index (χ4v) is 4.02. The summed E-state index contributed by atoms with van der Waals surface area (Å²) in [5, 5.41) is 3.90. The Morgan fingerprint density at radius 1 is 1.30 bits per heavy atom. The van der Waals surface area contributed by atoms with Crippen molar-refractivity contribution in [3.8, 4) is 5.75 Å². The van der Waals surface area contributed by atoms with Gasteiger partial charge in [0.25, 0.3) is 0 Å². The first kappa shape index (κ1) is 22.4. The molecule has 1 amide bonds. The van der Waals surface area contributed by atoms with Crippen LogP contribution in [0.4, 0.5) is 5.69 Å². The molecule has 1 saturated heterocycles. The summed E-state index contributed by atoms with van der Waals surface area (Å²) < 4.78 is 5.33. The van der Waals surface area contributed by atoms with Gasteiger partial charge in [-0.25, -0.2) is 0 Å². The number of anilines is 1. The number of likely N-dealkylation sites (tertiary alicyclic amines) is 1. The van der Waals surface area contributed by atoms with Gasteiger partial charge in [0.1, 0.15) is 5.75 Å². The molecule has 2 heterocycles. The van der Waals surface area contributed by atoms with E-state index < -0.39 is 0 Å². The van der Waals surface area contributed by atoms with Crippen molar-refractivity contribution in [2.24, 2.45) is 0 Å². The molecule has 3 rings (SSSR count). The lowest BCUT2D eigenvalue weighted by Crippen LogP contribution is -2.46. The van der Waals surface area contributed by atoms with Crippen molar-refractivity contribution in [1.29, 1.82) is 0 Å². The summed E-state index contributed by atoms with van der Waals surface area (Å²) in [6, 6.07) is 11.8. The number of ether oxygens (including phenoxy) is 1. The van der Waals surface area contributed by atoms with Crippen molar-refractivity contribution in [3.05, 3.63) is 53.3 Å². The third kappa shape index (κ3) is 6.34. The monoisotopic (exact) mass is 430 g/mol. The van der Waals surface area contributed by atoms with E-state index >= 15 is 0 Å². The number of amides is 1. The molecule has 1 fully saturated rings. The predicted molar refractivity (Wildman–Crippen MR) is 121 cm³/mol. The molecule has 6 nitrogen and oxygen atoms in total. The standard InChI is InChI=1S/C23H31ClN4O2/c1-27(23(29)8-13-26-21-17-18(24)6-7-22(21)30-2)20-10-15-28(16-11-20)14-9-19-5-3-4-12-25-19/h3-7,12,17,20,26H,8-11,13-16H2,1-2H3. The van der Waals surface area contributed by atoms with Gasteiger partial charge in [0.05, 0.1) is 12.8 Å². The van der Waals surface area contributed by atoms with Gasteiger partial charge >= 0.3 is 0 Å². The molecular weight excluding hydrogens is 400 g/mol. The van der Waals surface area contributed by atoms with Crippen molar-refractivity contribution in [2.75, 3.05) is 45.7 Å². The van der Waals surface area contributed by atoms with Gasteiger partial charge in [-0.2, -0.15) is 0 Å². The van der Waals surface area contributed by atoms with E-state index in [1.165, 1.54) is 0 Å². The van der Waals surface area contributed by atoms with Crippen LogP contribution in [0.2, 0.25) is 5.02 Å². The highest BCUT2D eigenvalue weighted by atomic mass is 35.5. The molecule has 1 aromatic carbocycles. The number of nitrogens with zero attached hydrogens (tertiary/aromatic N) is 3. The number of carbonyl (C=O) groups excluding carboxylic acids is 1. The molecule has 1 aromatic heterocycles. The summed E-state index contributed by atoms with van der Waals surface area (Å²) in [5.74, 6) is 0.883. The molecule has 0 atom stereocenters. The molecule has 30 heavy (non-hydrogen) atoms. The summed E-state index contributed by atoms with van der Waals surface area (Å²) in [6.45, 7) is 3.61. The largest absolute Gasteiger partial charge is 0.495 e. The van der Waals surface area contributed by atoms with Gasteiger partial charge in [-0.3, -0.25) is 9.78 Å². The number of rotatable bonds is 9. The second-order valence-corrected chi connectivity index (χ2v) is 8.11. The Bertz CT molecular complexity index is 810. The maximum atomic E-state index is 12.7. The van der Waals surface area contributed by atoms with Crippen LogP contribution in [0.15, 0.2) is 42.6 Å². The number of benzene rings is 1. The average Bonchev–Trinajstić information content (AvgIpc) is 2.78. The number of methoxy groups -OCH3 is 1. The smallest absolute Gasteiger partial charge is 0.224 e. The van der Waals surface area contributed by atoms with E-state index in [0.717, 1.165) is 56.0 Å². The van der Waals surface area contributed by atoms with Gasteiger partial charge < -0.3 is 19.9 Å². The van der Waals surface area contributed by atoms with Gasteiger partial charge in [-0.05, 0) is 43.2 Å². The number of piperidine rings is 1. The molecule has 0 unspecified atom stereocenters. The lowest BCUT2D eigenvalue weighted by molar-refractivity contribution is -0.132. The summed E-state index contributed by atoms with van der Waals surface area (Å²) in [5.41, 5.74) is 1.94. The fourth-order valence-electron chi connectivity index (χ4n) is 3.85. The Labute approximate surface area is 184 Å². The molecular formula is C23H31ClN4O2. The minimum absolute atomic E-state index is 0.162. The molecule has 0 aliphatic carbocycles. The quantitative estimate of drug-likeness (QED) is 0.657. The number of halogens is 1. The van der Waals surface area contributed by atoms with Gasteiger partial charge in [0, 0.05) is 69.0 Å². The number of aromatic nitrogens is 1. The van der Waals surface area contributed by atoms with Crippen LogP contribution >= 0.6 is 11.6 Å². The summed E-state index contributed by atoms with van der Waals surface area (Å²) in [7, 11) is 3.55. The van der Waals surface area contributed by atoms with Crippen molar-refractivity contribution in [1.82, 2.24) is 14.8 Å². The van der Waals surface area contributed by atoms with E-state index in [1.54, 1.807) is 13.2 Å². The Balaban J connectivity index is 1.39. The maximum Gasteiger partial charge on any atom is 0.224 e. The fraction of sp³-hybridized carbons (Fsp3) is 0.478. The molecule has 7 heteroatoms. The van der Waals surface area contributed by atoms with Gasteiger partial charge in [0.2, 0.25) is 5.91 Å². The van der Waals surface area contributed by atoms with Gasteiger partial charge in [-0.1, -0.05) is 17.7 Å². The van der Waals surface area contributed by atoms with E-state index in [9.17, 15) is 4.79 Å². The Morgan fingerprint density at radius 3 is 2.80 bits per heavy atom. The van der Waals surface area contributed by atoms with Crippen molar-refractivity contribution >= 4 is 23.2 Å². The first-order chi connectivity index (χ1) is 14.6. The van der Waals surface area contributed by atoms with E-state index in [2.05, 4.69) is 21.3 Å². The Morgan fingerprint density at radius 2 is 2.10 bits per heavy atom. The van der Waals surface area contributed by atoms with E-state index in [-0.39, 0.29) is 5.91 Å². The van der Waals surface area contributed by atoms with Crippen LogP contribution < -0.4 is 10.1 Å². The molecule has 0 bridgehead atoms. The first-order valence-corrected chi connectivity index (χ1v) is 10.9. The highest BCUT2D eigenvalue weighted by Gasteiger charge is 2.25. The number of hydrogen-bond acceptors (Lipinski definition) is 5. The lowest BCUT2D eigenvalue weighted by atomic mass is 10.0. The summed E-state index contributed by atoms with van der Waals surface area (Å²) in [6.07, 6.45) is 5.28. The minimum Gasteiger partial charge on any atom is -0.495 e. The molecule has 162 valence electrons. The molecule has 0 radical (unpaired) electrons. The SMILES string of the molecule is COc1ccc(Cl)cc1NCCC(=O)N(C)C1CCN(CCc2ccccn2)CC1. The Kier molecular flexibility index (Phi) is 8.34. The molecule has 1 aliphatic rings. The highest BCUT2D eigenvalue weighted by molar-refractivity contribution is 6.30. The maximum absolute atomic E-state index is 12.7. The normalized spacial score (nSPS) is 15.0. The Hall–Kier alpha value is -2.31. The molecule has 1 N–H and O–H groups in total. The van der Waals surface area contributed by atoms with E-state index in [0.29, 0.717) is 24.0 Å². The lowest BCUT2D eigenvalue weighted by Gasteiger charge is -2.36. The van der Waals surface area contributed by atoms with E-state index in [4.69, 9.17) is 16.3 Å². The third-order valence-corrected chi connectivity index (χ3v) is 5.96. The van der Waals surface area contributed by atoms with Crippen molar-refractivity contribution in [3.63, 3.8) is 0 Å². The third-order valence-electron chi connectivity index (χ3n) is 5.72. The highest BCUT2D eigenvalue weighted by Crippen LogP contribution is 2.27. The van der Waals surface area contributed by atoms with Crippen LogP contribution in [0.5, 0.6) is 5.75 Å². The number of hydrogen-bond donors (Lipinski definition) is 1. The second kappa shape index (κ2) is 11.2. The van der Waals surface area contributed by atoms with E-state index in [1.807, 2.05) is 42.4 Å². The molecule has 0 spiro atoms. The van der Waals surface area contributed by atoms with Crippen LogP contribution in [-0.2, 0) is 11.2 Å². The van der Waals surface area contributed by atoms with Crippen molar-refractivity contribution in [2.45, 2.75) is 31.7 Å². The zero-order valence-electron chi connectivity index (χ0n) is 17.8. The topological polar surface area (TPSA) is 57.7 Å². The van der Waals surface area contributed by atoms with Crippen LogP contribution in [0.25, 0.3) is 0 Å². The van der Waals surface area contributed by atoms with Crippen LogP contribution in [0, 0.1) is 0 Å². The number of carbonyl (C=O) groups is 1. The average molecular weight is 431 g/mol. The minimum atomic E-state index is 0.162. The van der Waals surface area contributed by atoms with Crippen LogP contribution in [-0.4, -0.2) is 67.1 Å². The summed E-state index contributed by atoms with van der Waals surface area (Å²) >= 11 is 6.06. The number of nitrogens with one attached hydrogen (secondary N) is 1. The predicted octanol–water partition coefficient (Wildman–Crippen LogP) is 3.71. The molecule has 2 aromatic rings. The van der Waals surface area contributed by atoms with Gasteiger partial charge in [-0.15, -0.1) is 0 Å². The zero-order chi connectivity index (χ0) is 21.3. The second-order valence-electron chi connectivity index (χ2n) is 7.67. The van der Waals surface area contributed by atoms with Crippen molar-refractivity contribution < 1.29 is 9.53 Å². The first-order valence-electron chi connectivity index (χ1n) is 10.5.